The predicted molar refractivity (Wildman–Crippen MR) is 100 cm³/mol. The molecular weight excluding hydrogens is 355 g/mol. The van der Waals surface area contributed by atoms with Gasteiger partial charge in [-0.3, -0.25) is 9.59 Å². The van der Waals surface area contributed by atoms with Gasteiger partial charge in [-0.25, -0.2) is 4.39 Å². The van der Waals surface area contributed by atoms with Crippen molar-refractivity contribution in [3.8, 4) is 0 Å². The second-order valence-corrected chi connectivity index (χ2v) is 6.91. The van der Waals surface area contributed by atoms with Crippen LogP contribution in [0, 0.1) is 5.82 Å². The number of nitrogens with one attached hydrogen (secondary N) is 1. The number of benzene rings is 2. The van der Waals surface area contributed by atoms with E-state index in [1.54, 1.807) is 29.0 Å². The number of anilines is 1. The summed E-state index contributed by atoms with van der Waals surface area (Å²) in [5.74, 6) is -0.775. The van der Waals surface area contributed by atoms with Gasteiger partial charge in [-0.2, -0.15) is 0 Å². The molecule has 0 saturated heterocycles. The standard InChI is InChI=1S/C20H16ClFN2O2/c21-16-10-12(4-7-17(16)22)11-19(25)23-18-3-1-2-15-14(18)8-9-24(20(15)26)13-5-6-13/h1-4,7-10,13H,5-6,11H2,(H,23,25). The Morgan fingerprint density at radius 3 is 2.73 bits per heavy atom. The smallest absolute Gasteiger partial charge is 0.258 e. The molecule has 1 aromatic heterocycles. The summed E-state index contributed by atoms with van der Waals surface area (Å²) in [5, 5.41) is 4.12. The lowest BCUT2D eigenvalue weighted by atomic mass is 10.1. The van der Waals surface area contributed by atoms with Gasteiger partial charge in [0.15, 0.2) is 0 Å². The van der Waals surface area contributed by atoms with Crippen molar-refractivity contribution >= 4 is 34.0 Å². The highest BCUT2D eigenvalue weighted by Crippen LogP contribution is 2.34. The number of nitrogens with zero attached hydrogens (tertiary/aromatic N) is 1. The van der Waals surface area contributed by atoms with E-state index < -0.39 is 5.82 Å². The summed E-state index contributed by atoms with van der Waals surface area (Å²) in [5.41, 5.74) is 1.16. The first-order chi connectivity index (χ1) is 12.5. The van der Waals surface area contributed by atoms with Crippen LogP contribution in [0.3, 0.4) is 0 Å². The van der Waals surface area contributed by atoms with E-state index >= 15 is 0 Å². The molecule has 6 heteroatoms. The zero-order valence-electron chi connectivity index (χ0n) is 13.8. The molecule has 1 amide bonds. The monoisotopic (exact) mass is 370 g/mol. The number of carbonyl (C=O) groups excluding carboxylic acids is 1. The van der Waals surface area contributed by atoms with Gasteiger partial charge in [-0.15, -0.1) is 0 Å². The molecule has 0 unspecified atom stereocenters. The number of hydrogen-bond donors (Lipinski definition) is 1. The molecule has 4 rings (SSSR count). The number of fused-ring (bicyclic) bond motifs is 1. The first-order valence-electron chi connectivity index (χ1n) is 8.40. The van der Waals surface area contributed by atoms with Crippen molar-refractivity contribution in [1.29, 1.82) is 0 Å². The first-order valence-corrected chi connectivity index (χ1v) is 8.78. The summed E-state index contributed by atoms with van der Waals surface area (Å²) in [6.07, 6.45) is 3.91. The second kappa shape index (κ2) is 6.57. The van der Waals surface area contributed by atoms with Crippen LogP contribution in [0.5, 0.6) is 0 Å². The Morgan fingerprint density at radius 2 is 2.00 bits per heavy atom. The highest BCUT2D eigenvalue weighted by molar-refractivity contribution is 6.30. The summed E-state index contributed by atoms with van der Waals surface area (Å²) in [4.78, 5) is 25.0. The summed E-state index contributed by atoms with van der Waals surface area (Å²) in [6, 6.07) is 11.7. The van der Waals surface area contributed by atoms with Crippen molar-refractivity contribution in [3.63, 3.8) is 0 Å². The lowest BCUT2D eigenvalue weighted by Gasteiger charge is -2.11. The van der Waals surface area contributed by atoms with Gasteiger partial charge < -0.3 is 9.88 Å². The van der Waals surface area contributed by atoms with Crippen LogP contribution in [-0.2, 0) is 11.2 Å². The third-order valence-corrected chi connectivity index (χ3v) is 4.83. The van der Waals surface area contributed by atoms with Gasteiger partial charge in [0.2, 0.25) is 5.91 Å². The van der Waals surface area contributed by atoms with Crippen molar-refractivity contribution in [3.05, 3.63) is 75.4 Å². The van der Waals surface area contributed by atoms with Gasteiger partial charge in [0.05, 0.1) is 11.4 Å². The number of hydrogen-bond acceptors (Lipinski definition) is 2. The summed E-state index contributed by atoms with van der Waals surface area (Å²) < 4.78 is 15.0. The Balaban J connectivity index is 1.60. The number of halogens is 2. The minimum atomic E-state index is -0.517. The quantitative estimate of drug-likeness (QED) is 0.744. The number of pyridine rings is 1. The molecule has 0 aliphatic heterocycles. The molecule has 1 heterocycles. The molecule has 26 heavy (non-hydrogen) atoms. The van der Waals surface area contributed by atoms with Crippen LogP contribution in [0.4, 0.5) is 10.1 Å². The summed E-state index contributed by atoms with van der Waals surface area (Å²) >= 11 is 5.75. The van der Waals surface area contributed by atoms with Crippen LogP contribution in [0.25, 0.3) is 10.8 Å². The van der Waals surface area contributed by atoms with Crippen LogP contribution in [0.15, 0.2) is 53.5 Å². The Labute approximate surface area is 154 Å². The molecule has 4 nitrogen and oxygen atoms in total. The topological polar surface area (TPSA) is 51.1 Å². The number of rotatable bonds is 4. The fourth-order valence-electron chi connectivity index (χ4n) is 3.07. The minimum absolute atomic E-state index is 0.0129. The largest absolute Gasteiger partial charge is 0.325 e. The van der Waals surface area contributed by atoms with Crippen molar-refractivity contribution < 1.29 is 9.18 Å². The van der Waals surface area contributed by atoms with Crippen LogP contribution < -0.4 is 10.9 Å². The third kappa shape index (κ3) is 3.22. The van der Waals surface area contributed by atoms with Crippen LogP contribution in [-0.4, -0.2) is 10.5 Å². The summed E-state index contributed by atoms with van der Waals surface area (Å²) in [7, 11) is 0. The van der Waals surface area contributed by atoms with Gasteiger partial charge in [0.25, 0.3) is 5.56 Å². The molecule has 1 saturated carbocycles. The summed E-state index contributed by atoms with van der Waals surface area (Å²) in [6.45, 7) is 0. The highest BCUT2D eigenvalue weighted by Gasteiger charge is 2.25. The average molecular weight is 371 g/mol. The van der Waals surface area contributed by atoms with Crippen LogP contribution in [0.2, 0.25) is 5.02 Å². The van der Waals surface area contributed by atoms with E-state index in [9.17, 15) is 14.0 Å². The molecule has 132 valence electrons. The second-order valence-electron chi connectivity index (χ2n) is 6.50. The fourth-order valence-corrected chi connectivity index (χ4v) is 3.27. The number of aromatic nitrogens is 1. The third-order valence-electron chi connectivity index (χ3n) is 4.54. The predicted octanol–water partition coefficient (Wildman–Crippen LogP) is 4.31. The van der Waals surface area contributed by atoms with Crippen molar-refractivity contribution in [2.24, 2.45) is 0 Å². The van der Waals surface area contributed by atoms with Gasteiger partial charge in [-0.1, -0.05) is 23.7 Å². The van der Waals surface area contributed by atoms with E-state index in [-0.39, 0.29) is 22.9 Å². The normalized spacial score (nSPS) is 13.8. The SMILES string of the molecule is O=C(Cc1ccc(F)c(Cl)c1)Nc1cccc2c(=O)n(C3CC3)ccc12. The molecule has 0 spiro atoms. The van der Waals surface area contributed by atoms with Gasteiger partial charge in [0, 0.05) is 28.7 Å². The van der Waals surface area contributed by atoms with Gasteiger partial charge >= 0.3 is 0 Å². The molecule has 1 aliphatic carbocycles. The Kier molecular flexibility index (Phi) is 4.24. The maximum atomic E-state index is 13.2. The Morgan fingerprint density at radius 1 is 1.19 bits per heavy atom. The lowest BCUT2D eigenvalue weighted by Crippen LogP contribution is -2.19. The Hall–Kier alpha value is -2.66. The number of amides is 1. The highest BCUT2D eigenvalue weighted by atomic mass is 35.5. The van der Waals surface area contributed by atoms with Crippen molar-refractivity contribution in [2.75, 3.05) is 5.32 Å². The van der Waals surface area contributed by atoms with Crippen LogP contribution in [0.1, 0.15) is 24.4 Å². The Bertz CT molecular complexity index is 1070. The maximum Gasteiger partial charge on any atom is 0.258 e. The first kappa shape index (κ1) is 16.8. The van der Waals surface area contributed by atoms with Crippen molar-refractivity contribution in [1.82, 2.24) is 4.57 Å². The van der Waals surface area contributed by atoms with Crippen molar-refractivity contribution in [2.45, 2.75) is 25.3 Å². The molecule has 2 aromatic carbocycles. The number of carbonyl (C=O) groups is 1. The average Bonchev–Trinajstić information content (AvgIpc) is 3.44. The molecule has 0 bridgehead atoms. The lowest BCUT2D eigenvalue weighted by molar-refractivity contribution is -0.115. The van der Waals surface area contributed by atoms with E-state index in [1.165, 1.54) is 18.2 Å². The van der Waals surface area contributed by atoms with E-state index in [4.69, 9.17) is 11.6 Å². The molecule has 1 fully saturated rings. The molecule has 1 aliphatic rings. The maximum absolute atomic E-state index is 13.2. The van der Waals surface area contributed by atoms with E-state index in [2.05, 4.69) is 5.32 Å². The molecule has 0 atom stereocenters. The zero-order valence-corrected chi connectivity index (χ0v) is 14.6. The van der Waals surface area contributed by atoms with E-state index in [0.29, 0.717) is 28.1 Å². The van der Waals surface area contributed by atoms with Gasteiger partial charge in [0.1, 0.15) is 5.82 Å². The van der Waals surface area contributed by atoms with E-state index in [0.717, 1.165) is 12.8 Å². The minimum Gasteiger partial charge on any atom is -0.325 e. The van der Waals surface area contributed by atoms with Gasteiger partial charge in [-0.05, 0) is 48.7 Å². The zero-order chi connectivity index (χ0) is 18.3. The molecule has 0 radical (unpaired) electrons. The molecule has 1 N–H and O–H groups in total. The molecule has 3 aromatic rings. The molecular formula is C20H16ClFN2O2. The fraction of sp³-hybridized carbons (Fsp3) is 0.200. The van der Waals surface area contributed by atoms with E-state index in [1.807, 2.05) is 6.07 Å². The van der Waals surface area contributed by atoms with Crippen LogP contribution >= 0.6 is 11.6 Å².